The lowest BCUT2D eigenvalue weighted by atomic mass is 10.3. The molecule has 0 aliphatic carbocycles. The first-order valence-electron chi connectivity index (χ1n) is 3.31. The van der Waals surface area contributed by atoms with Crippen LogP contribution in [0, 0.1) is 5.82 Å². The van der Waals surface area contributed by atoms with Crippen molar-refractivity contribution >= 4 is 27.0 Å². The summed E-state index contributed by atoms with van der Waals surface area (Å²) in [6.07, 6.45) is 0. The Hall–Kier alpha value is -1.30. The van der Waals surface area contributed by atoms with Crippen LogP contribution in [0.2, 0.25) is 0 Å². The third-order valence-electron chi connectivity index (χ3n) is 1.43. The zero-order chi connectivity index (χ0) is 9.42. The molecule has 0 bridgehead atoms. The molecule has 0 unspecified atom stereocenters. The van der Waals surface area contributed by atoms with E-state index in [-0.39, 0.29) is 11.1 Å². The molecule has 0 fully saturated rings. The van der Waals surface area contributed by atoms with Gasteiger partial charge in [-0.25, -0.2) is 4.39 Å². The number of fused-ring (bicyclic) bond motifs is 1. The monoisotopic (exact) mass is 245 g/mol. The van der Waals surface area contributed by atoms with Gasteiger partial charge in [-0.05, 0) is 6.07 Å². The molecule has 0 saturated heterocycles. The Morgan fingerprint density at radius 2 is 2.23 bits per heavy atom. The molecule has 2 aromatic rings. The first-order valence-corrected chi connectivity index (χ1v) is 4.11. The molecule has 0 radical (unpaired) electrons. The lowest BCUT2D eigenvalue weighted by molar-refractivity contribution is 0.335. The molecule has 2 rings (SSSR count). The molecule has 4 nitrogen and oxygen atoms in total. The molecule has 1 heterocycles. The van der Waals surface area contributed by atoms with Gasteiger partial charge in [0.1, 0.15) is 0 Å². The van der Waals surface area contributed by atoms with Crippen LogP contribution in [0.15, 0.2) is 21.1 Å². The number of hydrogen-bond donors (Lipinski definition) is 1. The molecular weight excluding hydrogens is 243 g/mol. The van der Waals surface area contributed by atoms with E-state index in [1.807, 2.05) is 0 Å². The number of aromatic nitrogens is 2. The lowest BCUT2D eigenvalue weighted by Gasteiger charge is -1.90. The quantitative estimate of drug-likeness (QED) is 0.723. The molecule has 66 valence electrons. The Bertz CT molecular complexity index is 477. The summed E-state index contributed by atoms with van der Waals surface area (Å²) in [5, 5.41) is 12.0. The van der Waals surface area contributed by atoms with Crippen molar-refractivity contribution in [1.82, 2.24) is 10.1 Å². The maximum absolute atomic E-state index is 13.1. The Kier molecular flexibility index (Phi) is 1.84. The summed E-state index contributed by atoms with van der Waals surface area (Å²) in [7, 11) is 0. The third kappa shape index (κ3) is 1.44. The second-order valence-corrected chi connectivity index (χ2v) is 3.24. The van der Waals surface area contributed by atoms with Crippen LogP contribution in [0.4, 0.5) is 4.39 Å². The van der Waals surface area contributed by atoms with Crippen molar-refractivity contribution in [2.45, 2.75) is 0 Å². The van der Waals surface area contributed by atoms with Crippen molar-refractivity contribution < 1.29 is 14.0 Å². The first-order chi connectivity index (χ1) is 6.16. The van der Waals surface area contributed by atoms with Gasteiger partial charge in [0.15, 0.2) is 5.82 Å². The molecule has 1 N–H and O–H groups in total. The van der Waals surface area contributed by atoms with Crippen molar-refractivity contribution in [2.75, 3.05) is 0 Å². The Morgan fingerprint density at radius 1 is 1.46 bits per heavy atom. The van der Waals surface area contributed by atoms with Crippen LogP contribution in [-0.2, 0) is 0 Å². The molecule has 1 aromatic heterocycles. The van der Waals surface area contributed by atoms with E-state index < -0.39 is 11.8 Å². The van der Waals surface area contributed by atoms with Crippen LogP contribution in [-0.4, -0.2) is 15.2 Å². The number of rotatable bonds is 0. The van der Waals surface area contributed by atoms with Crippen LogP contribution in [0.25, 0.3) is 11.1 Å². The standard InChI is InChI=1S/C7H2BrFN2O2/c8-3-1-4(9)6-5(2-3)13-11-7(12)10-6/h1-2H/p+1. The minimum absolute atomic E-state index is 0.0456. The average Bonchev–Trinajstić information content (AvgIpc) is 2.06. The maximum atomic E-state index is 13.1. The Morgan fingerprint density at radius 3 is 3.00 bits per heavy atom. The van der Waals surface area contributed by atoms with Gasteiger partial charge in [-0.15, -0.1) is 0 Å². The molecule has 0 saturated carbocycles. The number of aromatic hydroxyl groups is 1. The van der Waals surface area contributed by atoms with Crippen molar-refractivity contribution in [3.63, 3.8) is 0 Å². The predicted molar refractivity (Wildman–Crippen MR) is 45.5 cm³/mol. The van der Waals surface area contributed by atoms with Crippen LogP contribution < -0.4 is 0 Å². The fraction of sp³-hybridized carbons (Fsp3) is 0. The summed E-state index contributed by atoms with van der Waals surface area (Å²) in [5.41, 5.74) is 0.125. The number of halogens is 2. The van der Waals surface area contributed by atoms with Crippen LogP contribution >= 0.6 is 15.9 Å². The number of hydrogen-bond acceptors (Lipinski definition) is 3. The van der Waals surface area contributed by atoms with Gasteiger partial charge in [-0.2, -0.15) is 4.98 Å². The summed E-state index contributed by atoms with van der Waals surface area (Å²) >= 11 is 3.08. The second-order valence-electron chi connectivity index (χ2n) is 2.33. The van der Waals surface area contributed by atoms with Crippen LogP contribution in [0.3, 0.4) is 0 Å². The van der Waals surface area contributed by atoms with E-state index in [1.54, 1.807) is 0 Å². The minimum atomic E-state index is -0.589. The third-order valence-corrected chi connectivity index (χ3v) is 1.89. The molecule has 0 atom stereocenters. The highest BCUT2D eigenvalue weighted by Crippen LogP contribution is 2.21. The van der Waals surface area contributed by atoms with Gasteiger partial charge in [0, 0.05) is 4.47 Å². The van der Waals surface area contributed by atoms with Crippen molar-refractivity contribution in [1.29, 1.82) is 0 Å². The molecule has 0 spiro atoms. The zero-order valence-electron chi connectivity index (χ0n) is 6.16. The lowest BCUT2D eigenvalue weighted by Crippen LogP contribution is -1.87. The molecule has 0 aliphatic heterocycles. The number of nitrogens with zero attached hydrogens (tertiary/aromatic N) is 2. The fourth-order valence-corrected chi connectivity index (χ4v) is 1.34. The van der Waals surface area contributed by atoms with E-state index in [0.717, 1.165) is 0 Å². The van der Waals surface area contributed by atoms with Gasteiger partial charge < -0.3 is 5.11 Å². The van der Waals surface area contributed by atoms with Crippen molar-refractivity contribution in [2.24, 2.45) is 0 Å². The fourth-order valence-electron chi connectivity index (χ4n) is 0.931. The SMILES string of the molecule is Oc1n[o+]c2cc(Br)cc(F)c2n1. The average molecular weight is 246 g/mol. The smallest absolute Gasteiger partial charge is 0.429 e. The highest BCUT2D eigenvalue weighted by Gasteiger charge is 2.17. The largest absolute Gasteiger partial charge is 0.473 e. The van der Waals surface area contributed by atoms with Gasteiger partial charge in [-0.3, -0.25) is 0 Å². The Balaban J connectivity index is 2.87. The zero-order valence-corrected chi connectivity index (χ0v) is 7.75. The summed E-state index contributed by atoms with van der Waals surface area (Å²) in [5.74, 6) is -0.578. The van der Waals surface area contributed by atoms with E-state index in [0.29, 0.717) is 4.47 Å². The summed E-state index contributed by atoms with van der Waals surface area (Å²) in [6, 6.07) is 2.15. The van der Waals surface area contributed by atoms with Crippen molar-refractivity contribution in [3.8, 4) is 6.01 Å². The van der Waals surface area contributed by atoms with Crippen LogP contribution in [0.1, 0.15) is 0 Å². The van der Waals surface area contributed by atoms with Gasteiger partial charge in [0.05, 0.1) is 6.07 Å². The molecule has 13 heavy (non-hydrogen) atoms. The summed E-state index contributed by atoms with van der Waals surface area (Å²) in [6.45, 7) is 0. The molecular formula is C7H3BrFN2O2+. The normalized spacial score (nSPS) is 10.6. The molecule has 0 aliphatic rings. The highest BCUT2D eigenvalue weighted by atomic mass is 79.9. The molecule has 6 heteroatoms. The number of benzene rings is 1. The van der Waals surface area contributed by atoms with Crippen molar-refractivity contribution in [3.05, 3.63) is 22.4 Å². The van der Waals surface area contributed by atoms with Gasteiger partial charge >= 0.3 is 11.6 Å². The van der Waals surface area contributed by atoms with E-state index in [1.165, 1.54) is 12.1 Å². The first kappa shape index (κ1) is 8.31. The second kappa shape index (κ2) is 2.88. The maximum Gasteiger partial charge on any atom is 0.429 e. The van der Waals surface area contributed by atoms with E-state index in [4.69, 9.17) is 5.11 Å². The van der Waals surface area contributed by atoms with E-state index >= 15 is 0 Å². The summed E-state index contributed by atoms with van der Waals surface area (Å²) < 4.78 is 18.3. The van der Waals surface area contributed by atoms with Crippen LogP contribution in [0.5, 0.6) is 6.01 Å². The van der Waals surface area contributed by atoms with Gasteiger partial charge in [0.2, 0.25) is 10.7 Å². The van der Waals surface area contributed by atoms with Gasteiger partial charge in [0.25, 0.3) is 0 Å². The minimum Gasteiger partial charge on any atom is -0.473 e. The summed E-state index contributed by atoms with van der Waals surface area (Å²) in [4.78, 5) is 3.47. The predicted octanol–water partition coefficient (Wildman–Crippen LogP) is 2.11. The molecule has 1 aromatic carbocycles. The van der Waals surface area contributed by atoms with E-state index in [2.05, 4.69) is 30.6 Å². The highest BCUT2D eigenvalue weighted by molar-refractivity contribution is 9.10. The Labute approximate surface area is 80.1 Å². The van der Waals surface area contributed by atoms with E-state index in [9.17, 15) is 4.39 Å². The molecule has 0 amide bonds. The topological polar surface area (TPSA) is 57.3 Å². The van der Waals surface area contributed by atoms with Gasteiger partial charge in [-0.1, -0.05) is 20.5 Å².